The Morgan fingerprint density at radius 1 is 0.560 bits per heavy atom. The highest BCUT2D eigenvalue weighted by Gasteiger charge is 2.35. The number of aromatic carboxylic acids is 1. The Kier molecular flexibility index (Phi) is 16.6. The van der Waals surface area contributed by atoms with Gasteiger partial charge in [-0.2, -0.15) is 46.5 Å². The molecule has 0 aliphatic carbocycles. The summed E-state index contributed by atoms with van der Waals surface area (Å²) >= 11 is 2.39. The van der Waals surface area contributed by atoms with Crippen LogP contribution in [0.1, 0.15) is 32.1 Å². The molecule has 28 heteroatoms. The van der Waals surface area contributed by atoms with Crippen LogP contribution in [0.15, 0.2) is 108 Å². The number of ether oxygens (including phenoxy) is 5. The number of hydrogen-bond acceptors (Lipinski definition) is 19. The zero-order valence-electron chi connectivity index (χ0n) is 40.1. The second-order valence-electron chi connectivity index (χ2n) is 15.0. The third-order valence-corrected chi connectivity index (χ3v) is 11.7. The number of rotatable bonds is 16. The van der Waals surface area contributed by atoms with Gasteiger partial charge in [0.2, 0.25) is 11.9 Å². The van der Waals surface area contributed by atoms with Gasteiger partial charge >= 0.3 is 24.3 Å². The number of methoxy groups -OCH3 is 5. The zero-order chi connectivity index (χ0) is 54.2. The summed E-state index contributed by atoms with van der Waals surface area (Å²) < 4.78 is 107. The maximum Gasteiger partial charge on any atom is 0.435 e. The van der Waals surface area contributed by atoms with Crippen molar-refractivity contribution in [1.29, 1.82) is 0 Å². The van der Waals surface area contributed by atoms with Gasteiger partial charge in [-0.05, 0) is 36.8 Å². The molecule has 0 aliphatic heterocycles. The lowest BCUT2D eigenvalue weighted by molar-refractivity contribution is -0.142. The Morgan fingerprint density at radius 3 is 1.28 bits per heavy atom. The van der Waals surface area contributed by atoms with Crippen molar-refractivity contribution in [1.82, 2.24) is 49.5 Å². The smallest absolute Gasteiger partial charge is 0.435 e. The average Bonchev–Trinajstić information content (AvgIpc) is 4.13. The molecule has 8 rings (SSSR count). The molecule has 0 saturated heterocycles. The van der Waals surface area contributed by atoms with Gasteiger partial charge in [-0.1, -0.05) is 0 Å². The van der Waals surface area contributed by atoms with E-state index < -0.39 is 35.7 Å². The van der Waals surface area contributed by atoms with Gasteiger partial charge in [0.25, 0.3) is 0 Å². The molecule has 0 radical (unpaired) electrons. The van der Waals surface area contributed by atoms with Crippen LogP contribution in [-0.2, 0) is 17.1 Å². The topological polar surface area (TPSA) is 238 Å². The molecule has 0 fully saturated rings. The minimum absolute atomic E-state index is 0.0161. The summed E-state index contributed by atoms with van der Waals surface area (Å²) in [5, 5.41) is 23.5. The van der Waals surface area contributed by atoms with Gasteiger partial charge < -0.3 is 39.4 Å². The van der Waals surface area contributed by atoms with Crippen LogP contribution in [0.2, 0.25) is 0 Å². The lowest BCUT2D eigenvalue weighted by Crippen LogP contribution is -2.10. The molecule has 75 heavy (non-hydrogen) atoms. The SMILES string of the molecule is COC(=O)c1cc(-c2cnc(Nc3cc(OC)cc(OC)c3)nc2-n2ccc(C(F)(F)F)n2)cnc1SC.COc1cc(Nc2ncc(-c3cnc(SC)c(C(=O)O)c3)c(-n3ccc(C(F)(F)F)n3)n2)cc(OC)c1. The minimum Gasteiger partial charge on any atom is -0.497 e. The molecule has 390 valence electrons. The number of halogens is 6. The second-order valence-corrected chi connectivity index (χ2v) is 16.5. The van der Waals surface area contributed by atoms with Crippen molar-refractivity contribution in [3.63, 3.8) is 0 Å². The van der Waals surface area contributed by atoms with Crippen LogP contribution in [0.5, 0.6) is 23.0 Å². The summed E-state index contributed by atoms with van der Waals surface area (Å²) in [6.45, 7) is 0. The van der Waals surface area contributed by atoms with Crippen molar-refractivity contribution in [2.24, 2.45) is 0 Å². The van der Waals surface area contributed by atoms with E-state index in [1.807, 2.05) is 0 Å². The standard InChI is InChI=1S/C24H21F3N6O4S.C23H19F3N6O4S/c1-35-15-8-14(9-16(10-15)36-2)30-23-29-12-18(13-7-17(22(34)37-3)21(38-4)28-11-13)20(31-23)33-6-5-19(32-33)24(25,26)27;1-35-14-7-13(8-15(9-14)36-2)29-22-28-11-17(12-6-16(21(33)34)20(37-3)27-10-12)19(30-22)32-5-4-18(31-32)23(24,25)26/h5-12H,1-4H3,(H,29,30,31);4-11H,1-3H3,(H,33,34)(H,28,29,30). The molecule has 0 unspecified atom stereocenters. The number of carboxylic acids is 1. The van der Waals surface area contributed by atoms with Gasteiger partial charge in [0.15, 0.2) is 23.0 Å². The number of thioether (sulfide) groups is 2. The van der Waals surface area contributed by atoms with Crippen LogP contribution in [-0.4, -0.2) is 115 Å². The van der Waals surface area contributed by atoms with Crippen LogP contribution >= 0.6 is 23.5 Å². The second kappa shape index (κ2) is 23.0. The third-order valence-electron chi connectivity index (χ3n) is 10.3. The first-order valence-electron chi connectivity index (χ1n) is 21.2. The summed E-state index contributed by atoms with van der Waals surface area (Å²) in [6, 6.07) is 14.5. The van der Waals surface area contributed by atoms with Crippen molar-refractivity contribution in [2.45, 2.75) is 22.4 Å². The van der Waals surface area contributed by atoms with Crippen molar-refractivity contribution in [2.75, 3.05) is 58.7 Å². The minimum atomic E-state index is -4.67. The number of hydrogen-bond donors (Lipinski definition) is 3. The Hall–Kier alpha value is -8.66. The Balaban J connectivity index is 0.000000219. The van der Waals surface area contributed by atoms with Gasteiger partial charge in [0.05, 0.1) is 46.7 Å². The molecule has 6 aromatic heterocycles. The average molecular weight is 1080 g/mol. The van der Waals surface area contributed by atoms with E-state index in [0.717, 1.165) is 45.7 Å². The maximum absolute atomic E-state index is 13.3. The number of carbonyl (C=O) groups excluding carboxylic acids is 1. The molecule has 6 heterocycles. The third kappa shape index (κ3) is 12.8. The van der Waals surface area contributed by atoms with Crippen LogP contribution in [0.25, 0.3) is 33.9 Å². The van der Waals surface area contributed by atoms with Crippen molar-refractivity contribution in [3.8, 4) is 56.9 Å². The van der Waals surface area contributed by atoms with Crippen LogP contribution in [0, 0.1) is 0 Å². The van der Waals surface area contributed by atoms with Crippen molar-refractivity contribution >= 4 is 58.7 Å². The number of carbonyl (C=O) groups is 2. The van der Waals surface area contributed by atoms with E-state index in [1.165, 1.54) is 84.2 Å². The highest BCUT2D eigenvalue weighted by atomic mass is 32.2. The molecular formula is C47H40F6N12O8S2. The number of aromatic nitrogens is 10. The molecule has 2 aromatic carbocycles. The lowest BCUT2D eigenvalue weighted by atomic mass is 10.1. The highest BCUT2D eigenvalue weighted by molar-refractivity contribution is 7.98. The highest BCUT2D eigenvalue weighted by Crippen LogP contribution is 2.36. The normalized spacial score (nSPS) is 11.3. The molecule has 0 amide bonds. The monoisotopic (exact) mass is 1080 g/mol. The van der Waals surface area contributed by atoms with E-state index in [9.17, 15) is 41.0 Å². The first kappa shape index (κ1) is 54.1. The fourth-order valence-corrected chi connectivity index (χ4v) is 7.80. The fraction of sp³-hybridized carbons (Fsp3) is 0.191. The van der Waals surface area contributed by atoms with E-state index in [1.54, 1.807) is 48.9 Å². The van der Waals surface area contributed by atoms with Gasteiger partial charge in [-0.15, -0.1) is 23.5 Å². The zero-order valence-corrected chi connectivity index (χ0v) is 41.7. The number of carboxylic acid groups (broad SMARTS) is 1. The molecule has 0 spiro atoms. The van der Waals surface area contributed by atoms with E-state index in [4.69, 9.17) is 23.7 Å². The molecule has 3 N–H and O–H groups in total. The van der Waals surface area contributed by atoms with Gasteiger partial charge in [0.1, 0.15) is 33.0 Å². The Morgan fingerprint density at radius 2 is 0.947 bits per heavy atom. The predicted octanol–water partition coefficient (Wildman–Crippen LogP) is 9.94. The van der Waals surface area contributed by atoms with Gasteiger partial charge in [-0.25, -0.2) is 38.9 Å². The van der Waals surface area contributed by atoms with E-state index in [0.29, 0.717) is 45.0 Å². The maximum atomic E-state index is 13.3. The number of benzene rings is 2. The molecule has 0 aliphatic rings. The number of nitrogens with zero attached hydrogens (tertiary/aromatic N) is 10. The largest absolute Gasteiger partial charge is 0.497 e. The molecule has 0 saturated carbocycles. The lowest BCUT2D eigenvalue weighted by Gasteiger charge is -2.14. The number of pyridine rings is 2. The summed E-state index contributed by atoms with van der Waals surface area (Å²) in [5.41, 5.74) is 0.0470. The number of esters is 1. The summed E-state index contributed by atoms with van der Waals surface area (Å²) in [6.07, 6.45) is 1.95. The first-order valence-corrected chi connectivity index (χ1v) is 23.7. The molecule has 20 nitrogen and oxygen atoms in total. The van der Waals surface area contributed by atoms with Crippen LogP contribution < -0.4 is 29.6 Å². The molecular weight excluding hydrogens is 1040 g/mol. The van der Waals surface area contributed by atoms with Crippen molar-refractivity contribution < 1.29 is 64.7 Å². The summed E-state index contributed by atoms with van der Waals surface area (Å²) in [5.74, 6) is 0.237. The first-order chi connectivity index (χ1) is 35.8. The Bertz CT molecular complexity index is 3330. The van der Waals surface area contributed by atoms with E-state index in [-0.39, 0.29) is 56.4 Å². The molecule has 0 bridgehead atoms. The van der Waals surface area contributed by atoms with E-state index >= 15 is 0 Å². The quantitative estimate of drug-likeness (QED) is 0.0463. The summed E-state index contributed by atoms with van der Waals surface area (Å²) in [4.78, 5) is 50.0. The number of nitrogens with one attached hydrogen (secondary N) is 2. The fourth-order valence-electron chi connectivity index (χ4n) is 6.76. The summed E-state index contributed by atoms with van der Waals surface area (Å²) in [7, 11) is 7.21. The van der Waals surface area contributed by atoms with Crippen LogP contribution in [0.3, 0.4) is 0 Å². The molecule has 0 atom stereocenters. The van der Waals surface area contributed by atoms with Crippen LogP contribution in [0.4, 0.5) is 49.6 Å². The van der Waals surface area contributed by atoms with Gasteiger partial charge in [0, 0.05) is 107 Å². The predicted molar refractivity (Wildman–Crippen MR) is 262 cm³/mol. The number of anilines is 4. The van der Waals surface area contributed by atoms with Crippen molar-refractivity contribution in [3.05, 3.63) is 120 Å². The van der Waals surface area contributed by atoms with Gasteiger partial charge in [-0.3, -0.25) is 0 Å². The van der Waals surface area contributed by atoms with E-state index in [2.05, 4.69) is 50.7 Å². The number of alkyl halides is 6. The Labute approximate surface area is 429 Å². The molecule has 8 aromatic rings.